The summed E-state index contributed by atoms with van der Waals surface area (Å²) in [5.41, 5.74) is 2.40. The van der Waals surface area contributed by atoms with Crippen LogP contribution >= 0.6 is 11.3 Å². The number of halogens is 1. The van der Waals surface area contributed by atoms with Crippen LogP contribution in [0.3, 0.4) is 0 Å². The van der Waals surface area contributed by atoms with Crippen molar-refractivity contribution in [3.63, 3.8) is 0 Å². The van der Waals surface area contributed by atoms with Gasteiger partial charge in [-0.15, -0.1) is 11.3 Å². The fraction of sp³-hybridized carbons (Fsp3) is 0.381. The number of thiazole rings is 1. The van der Waals surface area contributed by atoms with Gasteiger partial charge in [-0.25, -0.2) is 19.4 Å². The number of nitrogens with zero attached hydrogens (tertiary/aromatic N) is 4. The zero-order chi connectivity index (χ0) is 20.8. The van der Waals surface area contributed by atoms with E-state index in [0.29, 0.717) is 18.2 Å². The lowest BCUT2D eigenvalue weighted by molar-refractivity contribution is 0.614. The minimum absolute atomic E-state index is 0.286. The average Bonchev–Trinajstić information content (AvgIpc) is 3.25. The van der Waals surface area contributed by atoms with Crippen molar-refractivity contribution in [2.45, 2.75) is 40.7 Å². The number of nitrogens with one attached hydrogen (secondary N) is 2. The number of imidazole rings is 1. The third kappa shape index (κ3) is 5.41. The smallest absolute Gasteiger partial charge is 0.191 e. The molecule has 6 nitrogen and oxygen atoms in total. The number of hydrogen-bond acceptors (Lipinski definition) is 4. The SMILES string of the molecule is CCNC(=NCc1ccc(-n2ccnc2C)c(F)c1)NCCc1nc(C)c(C)s1. The predicted molar refractivity (Wildman–Crippen MR) is 116 cm³/mol. The first-order chi connectivity index (χ1) is 14.0. The number of aryl methyl sites for hydroxylation is 3. The molecule has 29 heavy (non-hydrogen) atoms. The van der Waals surface area contributed by atoms with Crippen molar-refractivity contribution in [1.82, 2.24) is 25.2 Å². The molecule has 154 valence electrons. The van der Waals surface area contributed by atoms with Gasteiger partial charge in [0.1, 0.15) is 11.6 Å². The van der Waals surface area contributed by atoms with Gasteiger partial charge in [0.2, 0.25) is 0 Å². The van der Waals surface area contributed by atoms with Gasteiger partial charge in [-0.3, -0.25) is 0 Å². The van der Waals surface area contributed by atoms with Gasteiger partial charge in [-0.1, -0.05) is 6.07 Å². The second-order valence-electron chi connectivity index (χ2n) is 6.75. The van der Waals surface area contributed by atoms with E-state index < -0.39 is 0 Å². The molecule has 0 saturated carbocycles. The third-order valence-corrected chi connectivity index (χ3v) is 5.70. The molecule has 0 atom stereocenters. The van der Waals surface area contributed by atoms with Gasteiger partial charge in [-0.05, 0) is 45.4 Å². The van der Waals surface area contributed by atoms with Crippen molar-refractivity contribution >= 4 is 17.3 Å². The van der Waals surface area contributed by atoms with Gasteiger partial charge in [0.15, 0.2) is 5.96 Å². The Kier molecular flexibility index (Phi) is 6.98. The van der Waals surface area contributed by atoms with E-state index in [0.717, 1.165) is 41.6 Å². The largest absolute Gasteiger partial charge is 0.357 e. The maximum Gasteiger partial charge on any atom is 0.191 e. The van der Waals surface area contributed by atoms with Crippen LogP contribution in [-0.2, 0) is 13.0 Å². The standard InChI is InChI=1S/C21H27FN6S/c1-5-23-21(25-9-8-20-27-14(2)15(3)29-20)26-13-17-6-7-19(18(22)12-17)28-11-10-24-16(28)4/h6-7,10-12H,5,8-9,13H2,1-4H3,(H2,23,25,26). The summed E-state index contributed by atoms with van der Waals surface area (Å²) in [6.07, 6.45) is 4.26. The maximum atomic E-state index is 14.6. The van der Waals surface area contributed by atoms with Crippen LogP contribution < -0.4 is 10.6 Å². The third-order valence-electron chi connectivity index (χ3n) is 4.57. The molecule has 1 aromatic carbocycles. The number of hydrogen-bond donors (Lipinski definition) is 2. The lowest BCUT2D eigenvalue weighted by Crippen LogP contribution is -2.38. The first-order valence-electron chi connectivity index (χ1n) is 9.71. The Morgan fingerprint density at radius 3 is 2.69 bits per heavy atom. The van der Waals surface area contributed by atoms with Crippen LogP contribution in [0.5, 0.6) is 0 Å². The zero-order valence-corrected chi connectivity index (χ0v) is 18.1. The monoisotopic (exact) mass is 414 g/mol. The van der Waals surface area contributed by atoms with E-state index >= 15 is 0 Å². The zero-order valence-electron chi connectivity index (χ0n) is 17.3. The molecule has 0 radical (unpaired) electrons. The first-order valence-corrected chi connectivity index (χ1v) is 10.5. The summed E-state index contributed by atoms with van der Waals surface area (Å²) in [6.45, 7) is 9.89. The van der Waals surface area contributed by atoms with Crippen LogP contribution in [0.4, 0.5) is 4.39 Å². The number of aliphatic imine (C=N–C) groups is 1. The number of rotatable bonds is 7. The van der Waals surface area contributed by atoms with Crippen molar-refractivity contribution in [3.8, 4) is 5.69 Å². The minimum atomic E-state index is -0.286. The lowest BCUT2D eigenvalue weighted by atomic mass is 10.2. The van der Waals surface area contributed by atoms with E-state index in [-0.39, 0.29) is 5.82 Å². The molecule has 2 N–H and O–H groups in total. The molecule has 3 rings (SSSR count). The molecule has 3 aromatic rings. The second-order valence-corrected chi connectivity index (χ2v) is 8.04. The molecule has 0 fully saturated rings. The van der Waals surface area contributed by atoms with E-state index in [2.05, 4.69) is 32.5 Å². The molecule has 0 aliphatic rings. The highest BCUT2D eigenvalue weighted by Gasteiger charge is 2.08. The molecular formula is C21H27FN6S. The van der Waals surface area contributed by atoms with Crippen LogP contribution in [-0.4, -0.2) is 33.6 Å². The first kappa shape index (κ1) is 21.0. The molecule has 0 aliphatic carbocycles. The van der Waals surface area contributed by atoms with Crippen molar-refractivity contribution in [2.24, 2.45) is 4.99 Å². The van der Waals surface area contributed by atoms with E-state index in [1.165, 1.54) is 10.9 Å². The van der Waals surface area contributed by atoms with Crippen molar-refractivity contribution in [2.75, 3.05) is 13.1 Å². The lowest BCUT2D eigenvalue weighted by Gasteiger charge is -2.11. The van der Waals surface area contributed by atoms with Gasteiger partial charge < -0.3 is 15.2 Å². The van der Waals surface area contributed by atoms with Gasteiger partial charge in [-0.2, -0.15) is 0 Å². The molecule has 0 spiro atoms. The summed E-state index contributed by atoms with van der Waals surface area (Å²) in [7, 11) is 0. The molecule has 8 heteroatoms. The van der Waals surface area contributed by atoms with Crippen LogP contribution in [0.1, 0.15) is 33.9 Å². The molecule has 0 amide bonds. The predicted octanol–water partition coefficient (Wildman–Crippen LogP) is 3.69. The Morgan fingerprint density at radius 2 is 2.07 bits per heavy atom. The van der Waals surface area contributed by atoms with Gasteiger partial charge in [0.25, 0.3) is 0 Å². The Morgan fingerprint density at radius 1 is 1.24 bits per heavy atom. The molecule has 0 aliphatic heterocycles. The Bertz CT molecular complexity index is 971. The van der Waals surface area contributed by atoms with Gasteiger partial charge in [0, 0.05) is 36.8 Å². The summed E-state index contributed by atoms with van der Waals surface area (Å²) in [5.74, 6) is 1.18. The Hall–Kier alpha value is -2.74. The molecule has 2 aromatic heterocycles. The summed E-state index contributed by atoms with van der Waals surface area (Å²) in [4.78, 5) is 14.6. The number of aromatic nitrogens is 3. The maximum absolute atomic E-state index is 14.6. The summed E-state index contributed by atoms with van der Waals surface area (Å²) in [6, 6.07) is 5.19. The Labute approximate surface area is 174 Å². The van der Waals surface area contributed by atoms with Crippen molar-refractivity contribution < 1.29 is 4.39 Å². The van der Waals surface area contributed by atoms with Crippen LogP contribution in [0.2, 0.25) is 0 Å². The molecule has 0 saturated heterocycles. The molecule has 0 unspecified atom stereocenters. The summed E-state index contributed by atoms with van der Waals surface area (Å²) in [5, 5.41) is 7.67. The summed E-state index contributed by atoms with van der Waals surface area (Å²) >= 11 is 1.73. The average molecular weight is 415 g/mol. The van der Waals surface area contributed by atoms with Crippen molar-refractivity contribution in [1.29, 1.82) is 0 Å². The summed E-state index contributed by atoms with van der Waals surface area (Å²) < 4.78 is 16.3. The fourth-order valence-electron chi connectivity index (χ4n) is 2.92. The highest BCUT2D eigenvalue weighted by Crippen LogP contribution is 2.18. The van der Waals surface area contributed by atoms with Gasteiger partial charge >= 0.3 is 0 Å². The molecule has 0 bridgehead atoms. The number of guanidine groups is 1. The normalized spacial score (nSPS) is 11.7. The number of benzene rings is 1. The quantitative estimate of drug-likeness (QED) is 0.457. The van der Waals surface area contributed by atoms with Crippen LogP contribution in [0, 0.1) is 26.6 Å². The second kappa shape index (κ2) is 9.65. The topological polar surface area (TPSA) is 67.1 Å². The van der Waals surface area contributed by atoms with Gasteiger partial charge in [0.05, 0.1) is 22.9 Å². The fourth-order valence-corrected chi connectivity index (χ4v) is 3.86. The Balaban J connectivity index is 1.62. The molecular weight excluding hydrogens is 387 g/mol. The highest BCUT2D eigenvalue weighted by atomic mass is 32.1. The molecule has 2 heterocycles. The highest BCUT2D eigenvalue weighted by molar-refractivity contribution is 7.11. The van der Waals surface area contributed by atoms with E-state index in [4.69, 9.17) is 0 Å². The minimum Gasteiger partial charge on any atom is -0.357 e. The van der Waals surface area contributed by atoms with E-state index in [9.17, 15) is 4.39 Å². The van der Waals surface area contributed by atoms with Crippen LogP contribution in [0.25, 0.3) is 5.69 Å². The van der Waals surface area contributed by atoms with E-state index in [1.807, 2.05) is 26.8 Å². The van der Waals surface area contributed by atoms with E-state index in [1.54, 1.807) is 34.4 Å². The van der Waals surface area contributed by atoms with Crippen molar-refractivity contribution in [3.05, 3.63) is 63.4 Å². The van der Waals surface area contributed by atoms with Crippen LogP contribution in [0.15, 0.2) is 35.6 Å².